The first kappa shape index (κ1) is 23.6. The molecule has 1 aliphatic rings. The summed E-state index contributed by atoms with van der Waals surface area (Å²) in [6.07, 6.45) is -0.990. The molecule has 176 valence electrons. The molecule has 3 heterocycles. The quantitative estimate of drug-likeness (QED) is 0.351. The Labute approximate surface area is 196 Å². The molecule has 3 N–H and O–H groups in total. The van der Waals surface area contributed by atoms with E-state index in [2.05, 4.69) is 15.4 Å². The third kappa shape index (κ3) is 5.02. The van der Waals surface area contributed by atoms with Gasteiger partial charge in [-0.1, -0.05) is 23.2 Å². The Balaban J connectivity index is 1.67. The van der Waals surface area contributed by atoms with Gasteiger partial charge in [-0.3, -0.25) is 4.68 Å². The summed E-state index contributed by atoms with van der Waals surface area (Å²) in [5.41, 5.74) is 6.14. The monoisotopic (exact) mass is 503 g/mol. The molecular formula is C21H19Cl2F4N5O. The van der Waals surface area contributed by atoms with E-state index in [-0.39, 0.29) is 17.6 Å². The first-order valence-corrected chi connectivity index (χ1v) is 10.8. The standard InChI is InChI=1S/C21H19Cl2F4N5O/c22-14-1-2-15(24)18(23)17(14)19(21(25,26)27)33-16-7-11(8-30-20(16)28)12-9-31-32(10-12)13-3-5-29-6-4-13/h1-2,7-10,13,19,29H,3-6H2,(H2,28,30). The number of rotatable bonds is 5. The van der Waals surface area contributed by atoms with E-state index < -0.39 is 33.7 Å². The van der Waals surface area contributed by atoms with Crippen molar-refractivity contribution in [1.29, 1.82) is 0 Å². The molecule has 4 rings (SSSR count). The van der Waals surface area contributed by atoms with E-state index in [1.54, 1.807) is 12.4 Å². The zero-order valence-corrected chi connectivity index (χ0v) is 18.6. The summed E-state index contributed by atoms with van der Waals surface area (Å²) >= 11 is 11.7. The second kappa shape index (κ2) is 9.36. The summed E-state index contributed by atoms with van der Waals surface area (Å²) in [4.78, 5) is 3.97. The van der Waals surface area contributed by atoms with Crippen LogP contribution in [0.1, 0.15) is 30.6 Å². The summed E-state index contributed by atoms with van der Waals surface area (Å²) < 4.78 is 62.7. The average Bonchev–Trinajstić information content (AvgIpc) is 3.27. The summed E-state index contributed by atoms with van der Waals surface area (Å²) in [7, 11) is 0. The number of nitrogen functional groups attached to an aromatic ring is 1. The van der Waals surface area contributed by atoms with Crippen LogP contribution < -0.4 is 15.8 Å². The molecular weight excluding hydrogens is 485 g/mol. The molecule has 0 spiro atoms. The van der Waals surface area contributed by atoms with Crippen LogP contribution in [0, 0.1) is 5.82 Å². The number of nitrogens with zero attached hydrogens (tertiary/aromatic N) is 3. The zero-order chi connectivity index (χ0) is 23.8. The molecule has 1 fully saturated rings. The topological polar surface area (TPSA) is 78.0 Å². The molecule has 0 bridgehead atoms. The van der Waals surface area contributed by atoms with E-state index in [9.17, 15) is 17.6 Å². The van der Waals surface area contributed by atoms with Gasteiger partial charge in [-0.25, -0.2) is 9.37 Å². The Morgan fingerprint density at radius 1 is 1.15 bits per heavy atom. The molecule has 0 aliphatic carbocycles. The minimum absolute atomic E-state index is 0.226. The molecule has 1 atom stereocenters. The van der Waals surface area contributed by atoms with Crippen LogP contribution in [0.5, 0.6) is 5.75 Å². The molecule has 0 radical (unpaired) electrons. The van der Waals surface area contributed by atoms with Crippen molar-refractivity contribution in [3.8, 4) is 16.9 Å². The maximum absolute atomic E-state index is 13.9. The van der Waals surface area contributed by atoms with Gasteiger partial charge in [0.15, 0.2) is 11.6 Å². The number of benzene rings is 1. The Bertz CT molecular complexity index is 1150. The Kier molecular flexibility index (Phi) is 6.69. The minimum atomic E-state index is -4.97. The van der Waals surface area contributed by atoms with Crippen molar-refractivity contribution in [3.05, 3.63) is 58.2 Å². The average molecular weight is 504 g/mol. The molecule has 12 heteroatoms. The number of anilines is 1. The molecule has 3 aromatic rings. The minimum Gasteiger partial charge on any atom is -0.472 e. The molecule has 1 unspecified atom stereocenters. The lowest BCUT2D eigenvalue weighted by Gasteiger charge is -2.24. The Morgan fingerprint density at radius 2 is 1.88 bits per heavy atom. The van der Waals surface area contributed by atoms with Crippen molar-refractivity contribution in [2.24, 2.45) is 0 Å². The maximum atomic E-state index is 13.9. The Hall–Kier alpha value is -2.56. The number of alkyl halides is 3. The van der Waals surface area contributed by atoms with Gasteiger partial charge < -0.3 is 15.8 Å². The number of piperidine rings is 1. The van der Waals surface area contributed by atoms with Crippen LogP contribution in [0.2, 0.25) is 10.0 Å². The first-order chi connectivity index (χ1) is 15.6. The number of pyridine rings is 1. The molecule has 2 aromatic heterocycles. The van der Waals surface area contributed by atoms with Crippen molar-refractivity contribution in [3.63, 3.8) is 0 Å². The molecule has 0 saturated carbocycles. The van der Waals surface area contributed by atoms with E-state index in [1.807, 2.05) is 4.68 Å². The van der Waals surface area contributed by atoms with Crippen molar-refractivity contribution in [1.82, 2.24) is 20.1 Å². The van der Waals surface area contributed by atoms with Gasteiger partial charge in [0.2, 0.25) is 6.10 Å². The number of ether oxygens (including phenoxy) is 1. The third-order valence-electron chi connectivity index (χ3n) is 5.38. The number of nitrogens with two attached hydrogens (primary N) is 1. The summed E-state index contributed by atoms with van der Waals surface area (Å²) in [6.45, 7) is 1.76. The molecule has 6 nitrogen and oxygen atoms in total. The number of halogens is 6. The largest absolute Gasteiger partial charge is 0.472 e. The normalized spacial score (nSPS) is 16.1. The fourth-order valence-electron chi connectivity index (χ4n) is 3.66. The van der Waals surface area contributed by atoms with Gasteiger partial charge in [-0.2, -0.15) is 18.3 Å². The highest BCUT2D eigenvalue weighted by Gasteiger charge is 2.46. The number of hydrogen-bond acceptors (Lipinski definition) is 5. The predicted molar refractivity (Wildman–Crippen MR) is 117 cm³/mol. The van der Waals surface area contributed by atoms with Crippen LogP contribution in [0.15, 0.2) is 36.8 Å². The van der Waals surface area contributed by atoms with Gasteiger partial charge in [0.25, 0.3) is 0 Å². The van der Waals surface area contributed by atoms with Crippen molar-refractivity contribution in [2.75, 3.05) is 18.8 Å². The second-order valence-corrected chi connectivity index (χ2v) is 8.38. The van der Waals surface area contributed by atoms with Gasteiger partial charge >= 0.3 is 6.18 Å². The smallest absolute Gasteiger partial charge is 0.429 e. The lowest BCUT2D eigenvalue weighted by Crippen LogP contribution is -2.29. The van der Waals surface area contributed by atoms with Gasteiger partial charge in [-0.15, -0.1) is 0 Å². The number of nitrogens with one attached hydrogen (secondary N) is 1. The fourth-order valence-corrected chi connectivity index (χ4v) is 4.23. The lowest BCUT2D eigenvalue weighted by atomic mass is 10.1. The van der Waals surface area contributed by atoms with Crippen molar-refractivity contribution >= 4 is 29.0 Å². The van der Waals surface area contributed by atoms with Crippen LogP contribution in [-0.4, -0.2) is 34.0 Å². The predicted octanol–water partition coefficient (Wildman–Crippen LogP) is 5.58. The zero-order valence-electron chi connectivity index (χ0n) is 17.0. The summed E-state index contributed by atoms with van der Waals surface area (Å²) in [6, 6.07) is 3.40. The highest BCUT2D eigenvalue weighted by Crippen LogP contribution is 2.44. The molecule has 33 heavy (non-hydrogen) atoms. The van der Waals surface area contributed by atoms with Crippen LogP contribution in [0.25, 0.3) is 11.1 Å². The van der Waals surface area contributed by atoms with Gasteiger partial charge in [0.05, 0.1) is 17.3 Å². The van der Waals surface area contributed by atoms with Crippen molar-refractivity contribution < 1.29 is 22.3 Å². The van der Waals surface area contributed by atoms with E-state index in [0.717, 1.165) is 38.1 Å². The molecule has 1 aliphatic heterocycles. The van der Waals surface area contributed by atoms with E-state index in [1.165, 1.54) is 12.3 Å². The highest BCUT2D eigenvalue weighted by molar-refractivity contribution is 6.36. The highest BCUT2D eigenvalue weighted by atomic mass is 35.5. The fraction of sp³-hybridized carbons (Fsp3) is 0.333. The first-order valence-electron chi connectivity index (χ1n) is 10.0. The SMILES string of the molecule is Nc1ncc(-c2cnn(C3CCNCC3)c2)cc1OC(c1c(Cl)ccc(F)c1Cl)C(F)(F)F. The Morgan fingerprint density at radius 3 is 2.58 bits per heavy atom. The van der Waals surface area contributed by atoms with Crippen LogP contribution in [0.4, 0.5) is 23.4 Å². The number of aromatic nitrogens is 3. The van der Waals surface area contributed by atoms with Crippen LogP contribution in [-0.2, 0) is 0 Å². The van der Waals surface area contributed by atoms with Gasteiger partial charge in [0.1, 0.15) is 5.82 Å². The maximum Gasteiger partial charge on any atom is 0.429 e. The molecule has 1 saturated heterocycles. The van der Waals surface area contributed by atoms with E-state index in [4.69, 9.17) is 33.7 Å². The summed E-state index contributed by atoms with van der Waals surface area (Å²) in [5.74, 6) is -1.68. The van der Waals surface area contributed by atoms with E-state index in [0.29, 0.717) is 11.1 Å². The van der Waals surface area contributed by atoms with Crippen LogP contribution >= 0.6 is 23.2 Å². The summed E-state index contributed by atoms with van der Waals surface area (Å²) in [5, 5.41) is 6.48. The third-order valence-corrected chi connectivity index (χ3v) is 6.10. The van der Waals surface area contributed by atoms with Gasteiger partial charge in [0, 0.05) is 34.1 Å². The van der Waals surface area contributed by atoms with Crippen LogP contribution in [0.3, 0.4) is 0 Å². The van der Waals surface area contributed by atoms with Crippen molar-refractivity contribution in [2.45, 2.75) is 31.2 Å². The van der Waals surface area contributed by atoms with Gasteiger partial charge in [-0.05, 0) is 44.1 Å². The number of hydrogen-bond donors (Lipinski definition) is 2. The molecule has 0 amide bonds. The van der Waals surface area contributed by atoms with E-state index >= 15 is 0 Å². The molecule has 1 aromatic carbocycles. The second-order valence-electron chi connectivity index (χ2n) is 7.59. The lowest BCUT2D eigenvalue weighted by molar-refractivity contribution is -0.197.